The van der Waals surface area contributed by atoms with Gasteiger partial charge in [0.05, 0.1) is 25.2 Å². The Morgan fingerprint density at radius 2 is 0.984 bits per heavy atom. The fourth-order valence-electron chi connectivity index (χ4n) is 6.74. The molecule has 0 aromatic rings. The van der Waals surface area contributed by atoms with Crippen molar-refractivity contribution in [3.63, 3.8) is 0 Å². The number of rotatable bonds is 42. The molecule has 0 aliphatic rings. The molecule has 6 nitrogen and oxygen atoms in total. The zero-order valence-corrected chi connectivity index (χ0v) is 39.2. The van der Waals surface area contributed by atoms with Crippen LogP contribution in [0.2, 0.25) is 0 Å². The Bertz CT molecular complexity index is 1270. The number of aliphatic hydroxyl groups is 2. The summed E-state index contributed by atoms with van der Waals surface area (Å²) in [5, 5.41) is 23.7. The average Bonchev–Trinajstić information content (AvgIpc) is 3.25. The van der Waals surface area contributed by atoms with Crippen molar-refractivity contribution in [2.45, 2.75) is 219 Å². The maximum Gasteiger partial charge on any atom is 0.306 e. The van der Waals surface area contributed by atoms with Gasteiger partial charge in [-0.1, -0.05) is 214 Å². The second-order valence-electron chi connectivity index (χ2n) is 16.2. The molecule has 0 aliphatic heterocycles. The van der Waals surface area contributed by atoms with Gasteiger partial charge >= 0.3 is 5.97 Å². The molecule has 0 rings (SSSR count). The number of ether oxygens (including phenoxy) is 1. The van der Waals surface area contributed by atoms with Gasteiger partial charge in [-0.15, -0.1) is 0 Å². The summed E-state index contributed by atoms with van der Waals surface area (Å²) in [5.74, 6) is -0.565. The topological polar surface area (TPSA) is 95.9 Å². The molecule has 3 N–H and O–H groups in total. The lowest BCUT2D eigenvalue weighted by atomic mass is 10.0. The number of amides is 1. The summed E-state index contributed by atoms with van der Waals surface area (Å²) in [4.78, 5) is 26.1. The van der Waals surface area contributed by atoms with Crippen LogP contribution in [0, 0.1) is 0 Å². The van der Waals surface area contributed by atoms with Crippen molar-refractivity contribution in [2.24, 2.45) is 0 Å². The van der Waals surface area contributed by atoms with Gasteiger partial charge in [0.1, 0.15) is 6.10 Å². The first-order chi connectivity index (χ1) is 30.0. The van der Waals surface area contributed by atoms with Crippen LogP contribution >= 0.6 is 0 Å². The summed E-state index contributed by atoms with van der Waals surface area (Å²) in [6, 6.07) is -0.729. The van der Waals surface area contributed by atoms with Crippen molar-refractivity contribution in [1.29, 1.82) is 0 Å². The molecular formula is C55H91NO5. The van der Waals surface area contributed by atoms with Gasteiger partial charge in [0, 0.05) is 6.42 Å². The van der Waals surface area contributed by atoms with E-state index in [4.69, 9.17) is 4.74 Å². The molecule has 0 aromatic carbocycles. The lowest BCUT2D eigenvalue weighted by Gasteiger charge is -2.24. The van der Waals surface area contributed by atoms with Crippen molar-refractivity contribution in [2.75, 3.05) is 6.61 Å². The molecule has 1 amide bonds. The Balaban J connectivity index is 4.79. The Hall–Kier alpha value is -3.48. The molecule has 346 valence electrons. The zero-order chi connectivity index (χ0) is 44.5. The molecule has 0 spiro atoms. The Morgan fingerprint density at radius 3 is 1.56 bits per heavy atom. The number of esters is 1. The van der Waals surface area contributed by atoms with Gasteiger partial charge in [0.25, 0.3) is 0 Å². The number of aliphatic hydroxyl groups excluding tert-OH is 2. The van der Waals surface area contributed by atoms with E-state index in [0.29, 0.717) is 19.3 Å². The normalized spacial score (nSPS) is 14.2. The third-order valence-corrected chi connectivity index (χ3v) is 10.4. The summed E-state index contributed by atoms with van der Waals surface area (Å²) < 4.78 is 5.89. The summed E-state index contributed by atoms with van der Waals surface area (Å²) in [6.07, 6.45) is 64.2. The van der Waals surface area contributed by atoms with Crippen LogP contribution in [-0.2, 0) is 14.3 Å². The highest BCUT2D eigenvalue weighted by molar-refractivity contribution is 5.77. The maximum atomic E-state index is 13.2. The van der Waals surface area contributed by atoms with Crippen LogP contribution in [0.3, 0.4) is 0 Å². The molecule has 0 saturated heterocycles. The number of nitrogens with one attached hydrogen (secondary N) is 1. The lowest BCUT2D eigenvalue weighted by molar-refractivity contribution is -0.151. The van der Waals surface area contributed by atoms with E-state index >= 15 is 0 Å². The minimum absolute atomic E-state index is 0.0292. The monoisotopic (exact) mass is 846 g/mol. The van der Waals surface area contributed by atoms with E-state index in [-0.39, 0.29) is 24.9 Å². The molecule has 0 fully saturated rings. The summed E-state index contributed by atoms with van der Waals surface area (Å²) in [7, 11) is 0. The summed E-state index contributed by atoms with van der Waals surface area (Å²) >= 11 is 0. The predicted octanol–water partition coefficient (Wildman–Crippen LogP) is 14.7. The predicted molar refractivity (Wildman–Crippen MR) is 263 cm³/mol. The van der Waals surface area contributed by atoms with Crippen LogP contribution in [0.4, 0.5) is 0 Å². The van der Waals surface area contributed by atoms with Crippen molar-refractivity contribution in [3.8, 4) is 0 Å². The number of unbranched alkanes of at least 4 members (excludes halogenated alkanes) is 16. The SMILES string of the molecule is CC/C=C/C/C=C/C/C=C/C/C=C/CCCCCC(=O)OC(CCCCC/C=C/C=C/C=C/C=C/C=C/CCC)CC(=O)NC(CO)C(O)CCCCCCCCCCCC. The van der Waals surface area contributed by atoms with E-state index in [1.165, 1.54) is 44.9 Å². The number of hydrogen-bond acceptors (Lipinski definition) is 5. The molecule has 0 bridgehead atoms. The van der Waals surface area contributed by atoms with Gasteiger partial charge in [0.15, 0.2) is 0 Å². The van der Waals surface area contributed by atoms with Gasteiger partial charge in [-0.2, -0.15) is 0 Å². The van der Waals surface area contributed by atoms with Crippen LogP contribution in [0.1, 0.15) is 201 Å². The molecular weight excluding hydrogens is 755 g/mol. The van der Waals surface area contributed by atoms with Gasteiger partial charge in [-0.25, -0.2) is 0 Å². The van der Waals surface area contributed by atoms with E-state index < -0.39 is 18.2 Å². The first kappa shape index (κ1) is 57.5. The van der Waals surface area contributed by atoms with E-state index in [0.717, 1.165) is 109 Å². The maximum absolute atomic E-state index is 13.2. The van der Waals surface area contributed by atoms with Crippen LogP contribution < -0.4 is 5.32 Å². The number of carbonyl (C=O) groups is 2. The molecule has 0 heterocycles. The molecule has 0 aliphatic carbocycles. The summed E-state index contributed by atoms with van der Waals surface area (Å²) in [6.45, 7) is 6.23. The van der Waals surface area contributed by atoms with Gasteiger partial charge in [0.2, 0.25) is 5.91 Å². The number of carbonyl (C=O) groups excluding carboxylic acids is 2. The average molecular weight is 846 g/mol. The molecule has 61 heavy (non-hydrogen) atoms. The van der Waals surface area contributed by atoms with E-state index in [1.54, 1.807) is 0 Å². The smallest absolute Gasteiger partial charge is 0.306 e. The van der Waals surface area contributed by atoms with E-state index in [2.05, 4.69) is 99.0 Å². The van der Waals surface area contributed by atoms with Crippen molar-refractivity contribution >= 4 is 11.9 Å². The standard InChI is InChI=1S/C55H91NO5/c1-4-7-10-13-16-19-22-24-26-28-30-32-34-37-40-43-46-51(49-54(59)56-52(50-57)53(58)47-44-41-38-35-21-18-15-12-9-6-3)61-55(60)48-45-42-39-36-33-31-29-27-25-23-20-17-14-11-8-5-2/h8,10-11,13,16-17,19-20,22,24-28,30-33,51-53,57-58H,4-7,9,12,14-15,18,21,23,29,34-50H2,1-3H3,(H,56,59)/b11-8+,13-10+,19-16+,20-17+,24-22+,27-25+,28-26+,32-30+,33-31+. The highest BCUT2D eigenvalue weighted by Crippen LogP contribution is 2.16. The second kappa shape index (κ2) is 47.6. The van der Waals surface area contributed by atoms with Crippen LogP contribution in [0.25, 0.3) is 0 Å². The van der Waals surface area contributed by atoms with Crippen LogP contribution in [-0.4, -0.2) is 46.9 Å². The van der Waals surface area contributed by atoms with Gasteiger partial charge in [-0.3, -0.25) is 9.59 Å². The first-order valence-corrected chi connectivity index (χ1v) is 24.7. The van der Waals surface area contributed by atoms with Crippen molar-refractivity contribution < 1.29 is 24.5 Å². The quantitative estimate of drug-likeness (QED) is 0.0246. The largest absolute Gasteiger partial charge is 0.462 e. The molecule has 0 saturated carbocycles. The van der Waals surface area contributed by atoms with Gasteiger partial charge in [-0.05, 0) is 83.5 Å². The van der Waals surface area contributed by atoms with Crippen LogP contribution in [0.15, 0.2) is 109 Å². The third kappa shape index (κ3) is 43.0. The van der Waals surface area contributed by atoms with Crippen molar-refractivity contribution in [3.05, 3.63) is 109 Å². The highest BCUT2D eigenvalue weighted by atomic mass is 16.5. The lowest BCUT2D eigenvalue weighted by Crippen LogP contribution is -2.46. The molecule has 0 radical (unpaired) electrons. The third-order valence-electron chi connectivity index (χ3n) is 10.4. The molecule has 3 atom stereocenters. The number of hydrogen-bond donors (Lipinski definition) is 3. The molecule has 6 heteroatoms. The first-order valence-electron chi connectivity index (χ1n) is 24.7. The van der Waals surface area contributed by atoms with E-state index in [1.807, 2.05) is 36.5 Å². The zero-order valence-electron chi connectivity index (χ0n) is 39.2. The van der Waals surface area contributed by atoms with Crippen molar-refractivity contribution in [1.82, 2.24) is 5.32 Å². The Morgan fingerprint density at radius 1 is 0.508 bits per heavy atom. The minimum atomic E-state index is -0.811. The molecule has 0 aromatic heterocycles. The van der Waals surface area contributed by atoms with Gasteiger partial charge < -0.3 is 20.3 Å². The summed E-state index contributed by atoms with van der Waals surface area (Å²) in [5.41, 5.74) is 0. The minimum Gasteiger partial charge on any atom is -0.462 e. The van der Waals surface area contributed by atoms with E-state index in [9.17, 15) is 19.8 Å². The fraction of sp³-hybridized carbons (Fsp3) is 0.636. The Kier molecular flexibility index (Phi) is 44.9. The molecule has 3 unspecified atom stereocenters. The fourth-order valence-corrected chi connectivity index (χ4v) is 6.74. The second-order valence-corrected chi connectivity index (χ2v) is 16.2. The Labute approximate surface area is 375 Å². The highest BCUT2D eigenvalue weighted by Gasteiger charge is 2.24. The number of allylic oxidation sites excluding steroid dienone is 18. The van der Waals surface area contributed by atoms with Crippen LogP contribution in [0.5, 0.6) is 0 Å².